The number of carboxylic acid groups (broad SMARTS) is 2. The zero-order valence-electron chi connectivity index (χ0n) is 9.04. The lowest BCUT2D eigenvalue weighted by Crippen LogP contribution is -1.80. The van der Waals surface area contributed by atoms with Crippen LogP contribution in [-0.2, 0) is 9.59 Å². The molecule has 0 unspecified atom stereocenters. The molecule has 0 radical (unpaired) electrons. The van der Waals surface area contributed by atoms with Crippen LogP contribution < -0.4 is 5.73 Å². The van der Waals surface area contributed by atoms with Crippen LogP contribution in [0.2, 0.25) is 0 Å². The molecule has 0 amide bonds. The van der Waals surface area contributed by atoms with Crippen LogP contribution in [0.1, 0.15) is 13.8 Å². The van der Waals surface area contributed by atoms with Gasteiger partial charge in [-0.25, -0.2) is 0 Å². The number of carboxylic acids is 2. The summed E-state index contributed by atoms with van der Waals surface area (Å²) in [4.78, 5) is 18.0. The fourth-order valence-electron chi connectivity index (χ4n) is 0.474. The molecule has 0 aromatic heterocycles. The quantitative estimate of drug-likeness (QED) is 0.391. The molecule has 6 nitrogen and oxygen atoms in total. The molecule has 0 spiro atoms. The third-order valence-corrected chi connectivity index (χ3v) is 0.893. The molecule has 0 fully saturated rings. The number of nitrogen functional groups attached to an aromatic ring is 1. The van der Waals surface area contributed by atoms with Gasteiger partial charge in [0.05, 0.1) is 0 Å². The van der Waals surface area contributed by atoms with E-state index in [-0.39, 0.29) is 5.75 Å². The van der Waals surface area contributed by atoms with Crippen molar-refractivity contribution >= 4 is 17.6 Å². The van der Waals surface area contributed by atoms with Crippen LogP contribution in [0.4, 0.5) is 5.69 Å². The molecule has 0 saturated heterocycles. The van der Waals surface area contributed by atoms with Gasteiger partial charge in [0.15, 0.2) is 0 Å². The molecule has 1 rings (SSSR count). The van der Waals surface area contributed by atoms with Gasteiger partial charge in [-0.05, 0) is 24.3 Å². The van der Waals surface area contributed by atoms with Gasteiger partial charge in [-0.1, -0.05) is 0 Å². The van der Waals surface area contributed by atoms with E-state index in [0.717, 1.165) is 13.8 Å². The number of benzene rings is 1. The molecular weight excluding hydrogens is 214 g/mol. The minimum absolute atomic E-state index is 0.249. The molecule has 0 atom stereocenters. The topological polar surface area (TPSA) is 121 Å². The van der Waals surface area contributed by atoms with Crippen molar-refractivity contribution in [2.45, 2.75) is 13.8 Å². The Bertz CT molecular complexity index is 279. The second kappa shape index (κ2) is 9.32. The first-order chi connectivity index (χ1) is 7.25. The van der Waals surface area contributed by atoms with Gasteiger partial charge in [0.25, 0.3) is 11.9 Å². The van der Waals surface area contributed by atoms with Crippen molar-refractivity contribution in [3.63, 3.8) is 0 Å². The summed E-state index contributed by atoms with van der Waals surface area (Å²) in [6, 6.07) is 6.40. The van der Waals surface area contributed by atoms with Crippen LogP contribution in [0.25, 0.3) is 0 Å². The maximum atomic E-state index is 9.00. The van der Waals surface area contributed by atoms with Crippen molar-refractivity contribution in [3.8, 4) is 5.75 Å². The van der Waals surface area contributed by atoms with Crippen molar-refractivity contribution < 1.29 is 24.9 Å². The second-order valence-electron chi connectivity index (χ2n) is 2.63. The maximum absolute atomic E-state index is 9.00. The number of phenolic OH excluding ortho intramolecular Hbond substituents is 1. The Morgan fingerprint density at radius 2 is 1.25 bits per heavy atom. The molecule has 0 aliphatic rings. The van der Waals surface area contributed by atoms with E-state index in [1.807, 2.05) is 0 Å². The SMILES string of the molecule is CC(=O)O.CC(=O)O.Nc1ccc(O)cc1. The van der Waals surface area contributed by atoms with Crippen LogP contribution in [0.5, 0.6) is 5.75 Å². The Morgan fingerprint density at radius 1 is 1.00 bits per heavy atom. The van der Waals surface area contributed by atoms with E-state index in [4.69, 9.17) is 30.6 Å². The monoisotopic (exact) mass is 229 g/mol. The molecular formula is C10H15NO5. The van der Waals surface area contributed by atoms with Crippen molar-refractivity contribution in [1.29, 1.82) is 0 Å². The number of rotatable bonds is 0. The zero-order valence-corrected chi connectivity index (χ0v) is 9.04. The highest BCUT2D eigenvalue weighted by atomic mass is 16.4. The van der Waals surface area contributed by atoms with E-state index in [9.17, 15) is 0 Å². The fraction of sp³-hybridized carbons (Fsp3) is 0.200. The first-order valence-electron chi connectivity index (χ1n) is 4.19. The number of hydrogen-bond acceptors (Lipinski definition) is 4. The number of hydrogen-bond donors (Lipinski definition) is 4. The number of aliphatic carboxylic acids is 2. The highest BCUT2D eigenvalue weighted by molar-refractivity contribution is 5.63. The molecule has 0 aliphatic carbocycles. The molecule has 16 heavy (non-hydrogen) atoms. The molecule has 0 bridgehead atoms. The van der Waals surface area contributed by atoms with Gasteiger partial charge in [-0.2, -0.15) is 0 Å². The van der Waals surface area contributed by atoms with Gasteiger partial charge in [-0.15, -0.1) is 0 Å². The molecule has 5 N–H and O–H groups in total. The number of aromatic hydroxyl groups is 1. The lowest BCUT2D eigenvalue weighted by molar-refractivity contribution is -0.135. The summed E-state index contributed by atoms with van der Waals surface area (Å²) < 4.78 is 0. The predicted molar refractivity (Wildman–Crippen MR) is 59.1 cm³/mol. The van der Waals surface area contributed by atoms with Crippen LogP contribution >= 0.6 is 0 Å². The lowest BCUT2D eigenvalue weighted by Gasteiger charge is -1.89. The number of nitrogens with two attached hydrogens (primary N) is 1. The van der Waals surface area contributed by atoms with E-state index >= 15 is 0 Å². The molecule has 6 heteroatoms. The van der Waals surface area contributed by atoms with Crippen molar-refractivity contribution in [2.75, 3.05) is 5.73 Å². The Morgan fingerprint density at radius 3 is 1.44 bits per heavy atom. The number of phenols is 1. The highest BCUT2D eigenvalue weighted by Gasteiger charge is 1.82. The minimum atomic E-state index is -0.833. The Balaban J connectivity index is 0. The van der Waals surface area contributed by atoms with Crippen LogP contribution in [0.3, 0.4) is 0 Å². The summed E-state index contributed by atoms with van der Waals surface area (Å²) in [6.07, 6.45) is 0. The summed E-state index contributed by atoms with van der Waals surface area (Å²) in [6.45, 7) is 2.17. The van der Waals surface area contributed by atoms with E-state index in [1.54, 1.807) is 24.3 Å². The largest absolute Gasteiger partial charge is 0.508 e. The van der Waals surface area contributed by atoms with Crippen molar-refractivity contribution in [2.24, 2.45) is 0 Å². The van der Waals surface area contributed by atoms with E-state index in [0.29, 0.717) is 5.69 Å². The first kappa shape index (κ1) is 16.2. The zero-order chi connectivity index (χ0) is 13.1. The summed E-state index contributed by atoms with van der Waals surface area (Å²) in [7, 11) is 0. The summed E-state index contributed by atoms with van der Waals surface area (Å²) >= 11 is 0. The fourth-order valence-corrected chi connectivity index (χ4v) is 0.474. The lowest BCUT2D eigenvalue weighted by atomic mass is 10.3. The standard InChI is InChI=1S/C6H7NO.2C2H4O2/c7-5-1-3-6(8)4-2-5;2*1-2(3)4/h1-4,8H,7H2;2*1H3,(H,3,4). The molecule has 0 saturated carbocycles. The second-order valence-corrected chi connectivity index (χ2v) is 2.63. The molecule has 0 aliphatic heterocycles. The van der Waals surface area contributed by atoms with Crippen LogP contribution in [-0.4, -0.2) is 27.3 Å². The molecule has 1 aromatic rings. The average Bonchev–Trinajstić information content (AvgIpc) is 2.08. The third kappa shape index (κ3) is 22.6. The average molecular weight is 229 g/mol. The Kier molecular flexibility index (Phi) is 9.44. The van der Waals surface area contributed by atoms with E-state index < -0.39 is 11.9 Å². The van der Waals surface area contributed by atoms with Gasteiger partial charge in [0.2, 0.25) is 0 Å². The minimum Gasteiger partial charge on any atom is -0.508 e. The van der Waals surface area contributed by atoms with Gasteiger partial charge in [-0.3, -0.25) is 9.59 Å². The Labute approximate surface area is 92.9 Å². The highest BCUT2D eigenvalue weighted by Crippen LogP contribution is 2.09. The van der Waals surface area contributed by atoms with E-state index in [2.05, 4.69) is 0 Å². The first-order valence-corrected chi connectivity index (χ1v) is 4.19. The smallest absolute Gasteiger partial charge is 0.300 e. The van der Waals surface area contributed by atoms with Gasteiger partial charge >= 0.3 is 0 Å². The number of carbonyl (C=O) groups is 2. The molecule has 1 aromatic carbocycles. The van der Waals surface area contributed by atoms with Gasteiger partial charge in [0.1, 0.15) is 5.75 Å². The van der Waals surface area contributed by atoms with Crippen molar-refractivity contribution in [3.05, 3.63) is 24.3 Å². The maximum Gasteiger partial charge on any atom is 0.300 e. The van der Waals surface area contributed by atoms with Crippen LogP contribution in [0.15, 0.2) is 24.3 Å². The van der Waals surface area contributed by atoms with Gasteiger partial charge in [0, 0.05) is 19.5 Å². The summed E-state index contributed by atoms with van der Waals surface area (Å²) in [5.74, 6) is -1.42. The summed E-state index contributed by atoms with van der Waals surface area (Å²) in [5, 5.41) is 23.5. The Hall–Kier alpha value is -2.24. The third-order valence-electron chi connectivity index (χ3n) is 0.893. The number of anilines is 1. The normalized spacial score (nSPS) is 7.62. The molecule has 90 valence electrons. The van der Waals surface area contributed by atoms with E-state index in [1.165, 1.54) is 0 Å². The van der Waals surface area contributed by atoms with Gasteiger partial charge < -0.3 is 21.1 Å². The van der Waals surface area contributed by atoms with Crippen molar-refractivity contribution in [1.82, 2.24) is 0 Å². The van der Waals surface area contributed by atoms with Crippen LogP contribution in [0, 0.1) is 0 Å². The summed E-state index contributed by atoms with van der Waals surface area (Å²) in [5.41, 5.74) is 5.98. The predicted octanol–water partition coefficient (Wildman–Crippen LogP) is 1.16. The molecule has 0 heterocycles.